The number of halogens is 2. The molecular formula is C21H15Br2N3O. The minimum atomic E-state index is 0.487. The number of fused-ring (bicyclic) bond motifs is 3. The molecule has 2 aromatic heterocycles. The molecule has 0 fully saturated rings. The van der Waals surface area contributed by atoms with E-state index >= 15 is 0 Å². The monoisotopic (exact) mass is 483 g/mol. The van der Waals surface area contributed by atoms with Crippen molar-refractivity contribution in [2.75, 3.05) is 11.6 Å². The molecule has 0 saturated carbocycles. The van der Waals surface area contributed by atoms with Gasteiger partial charge in [0.05, 0.1) is 6.54 Å². The van der Waals surface area contributed by atoms with Gasteiger partial charge < -0.3 is 9.30 Å². The van der Waals surface area contributed by atoms with Gasteiger partial charge in [0.1, 0.15) is 11.6 Å². The van der Waals surface area contributed by atoms with Crippen molar-refractivity contribution in [1.82, 2.24) is 9.55 Å². The van der Waals surface area contributed by atoms with E-state index in [9.17, 15) is 0 Å². The number of pyridine rings is 1. The number of hydrogen-bond acceptors (Lipinski definition) is 3. The SMILES string of the molecule is Brc1ccc2c(c1)c1cc(Br)ccc1n2CC1=CN(c2ccccn2)CO1. The topological polar surface area (TPSA) is 30.3 Å². The second-order valence-electron chi connectivity index (χ2n) is 6.44. The average molecular weight is 485 g/mol. The predicted octanol–water partition coefficient (Wildman–Crippen LogP) is 6.05. The lowest BCUT2D eigenvalue weighted by Crippen LogP contribution is -2.13. The second-order valence-corrected chi connectivity index (χ2v) is 8.27. The highest BCUT2D eigenvalue weighted by Crippen LogP contribution is 2.34. The van der Waals surface area contributed by atoms with Crippen molar-refractivity contribution in [2.45, 2.75) is 6.54 Å². The fourth-order valence-corrected chi connectivity index (χ4v) is 4.24. The van der Waals surface area contributed by atoms with Gasteiger partial charge in [-0.1, -0.05) is 37.9 Å². The van der Waals surface area contributed by atoms with Crippen molar-refractivity contribution >= 4 is 59.5 Å². The first-order chi connectivity index (χ1) is 13.2. The summed E-state index contributed by atoms with van der Waals surface area (Å²) in [7, 11) is 0. The standard InChI is InChI=1S/C21H15Br2N3O/c22-14-4-6-19-17(9-14)18-10-15(23)5-7-20(18)26(19)12-16-11-25(13-27-16)21-3-1-2-8-24-21/h1-11H,12-13H2. The molecule has 0 bridgehead atoms. The highest BCUT2D eigenvalue weighted by Gasteiger charge is 2.19. The first-order valence-electron chi connectivity index (χ1n) is 8.57. The third-order valence-corrected chi connectivity index (χ3v) is 5.72. The van der Waals surface area contributed by atoms with Crippen LogP contribution in [0.2, 0.25) is 0 Å². The Bertz CT molecular complexity index is 1130. The summed E-state index contributed by atoms with van der Waals surface area (Å²) >= 11 is 7.19. The summed E-state index contributed by atoms with van der Waals surface area (Å²) in [5.74, 6) is 1.81. The van der Waals surface area contributed by atoms with E-state index < -0.39 is 0 Å². The molecule has 27 heavy (non-hydrogen) atoms. The number of benzene rings is 2. The molecule has 4 aromatic rings. The lowest BCUT2D eigenvalue weighted by atomic mass is 10.2. The highest BCUT2D eigenvalue weighted by atomic mass is 79.9. The van der Waals surface area contributed by atoms with Gasteiger partial charge >= 0.3 is 0 Å². The van der Waals surface area contributed by atoms with Gasteiger partial charge in [-0.2, -0.15) is 0 Å². The molecule has 0 unspecified atom stereocenters. The minimum Gasteiger partial charge on any atom is -0.474 e. The van der Waals surface area contributed by atoms with Crippen LogP contribution in [0, 0.1) is 0 Å². The van der Waals surface area contributed by atoms with Crippen molar-refractivity contribution in [1.29, 1.82) is 0 Å². The van der Waals surface area contributed by atoms with E-state index in [1.54, 1.807) is 6.20 Å². The van der Waals surface area contributed by atoms with Crippen LogP contribution in [0.3, 0.4) is 0 Å². The van der Waals surface area contributed by atoms with Gasteiger partial charge in [0.15, 0.2) is 6.73 Å². The van der Waals surface area contributed by atoms with Crippen LogP contribution in [0.4, 0.5) is 5.82 Å². The van der Waals surface area contributed by atoms with Gasteiger partial charge in [-0.15, -0.1) is 0 Å². The molecule has 0 radical (unpaired) electrons. The molecule has 134 valence electrons. The predicted molar refractivity (Wildman–Crippen MR) is 116 cm³/mol. The maximum absolute atomic E-state index is 5.95. The van der Waals surface area contributed by atoms with Gasteiger partial charge in [-0.05, 0) is 48.5 Å². The first-order valence-corrected chi connectivity index (χ1v) is 10.2. The minimum absolute atomic E-state index is 0.487. The Hall–Kier alpha value is -2.31. The van der Waals surface area contributed by atoms with Gasteiger partial charge in [-0.25, -0.2) is 4.98 Å². The summed E-state index contributed by atoms with van der Waals surface area (Å²) in [4.78, 5) is 6.42. The summed E-state index contributed by atoms with van der Waals surface area (Å²) < 4.78 is 10.4. The summed E-state index contributed by atoms with van der Waals surface area (Å²) in [6.07, 6.45) is 3.83. The van der Waals surface area contributed by atoms with E-state index in [0.29, 0.717) is 13.3 Å². The highest BCUT2D eigenvalue weighted by molar-refractivity contribution is 9.10. The fraction of sp³-hybridized carbons (Fsp3) is 0.0952. The number of rotatable bonds is 3. The molecule has 0 N–H and O–H groups in total. The van der Waals surface area contributed by atoms with Gasteiger partial charge in [0, 0.05) is 43.1 Å². The lowest BCUT2D eigenvalue weighted by molar-refractivity contribution is 0.231. The van der Waals surface area contributed by atoms with Gasteiger partial charge in [0.2, 0.25) is 0 Å². The Morgan fingerprint density at radius 3 is 2.26 bits per heavy atom. The maximum atomic E-state index is 5.95. The van der Waals surface area contributed by atoms with E-state index in [4.69, 9.17) is 4.74 Å². The van der Waals surface area contributed by atoms with Crippen LogP contribution in [-0.4, -0.2) is 16.3 Å². The number of aromatic nitrogens is 2. The van der Waals surface area contributed by atoms with E-state index in [-0.39, 0.29) is 0 Å². The second kappa shape index (κ2) is 6.69. The lowest BCUT2D eigenvalue weighted by Gasteiger charge is -2.11. The zero-order valence-corrected chi connectivity index (χ0v) is 17.4. The number of nitrogens with zero attached hydrogens (tertiary/aromatic N) is 3. The van der Waals surface area contributed by atoms with Crippen LogP contribution in [0.25, 0.3) is 21.8 Å². The quantitative estimate of drug-likeness (QED) is 0.354. The largest absolute Gasteiger partial charge is 0.474 e. The van der Waals surface area contributed by atoms with Crippen molar-refractivity contribution in [3.63, 3.8) is 0 Å². The molecule has 0 spiro atoms. The van der Waals surface area contributed by atoms with Gasteiger partial charge in [0.25, 0.3) is 0 Å². The smallest absolute Gasteiger partial charge is 0.166 e. The molecular weight excluding hydrogens is 470 g/mol. The molecule has 4 nitrogen and oxygen atoms in total. The summed E-state index contributed by atoms with van der Waals surface area (Å²) in [6, 6.07) is 18.7. The number of hydrogen-bond donors (Lipinski definition) is 0. The van der Waals surface area contributed by atoms with E-state index in [0.717, 1.165) is 20.5 Å². The van der Waals surface area contributed by atoms with Crippen LogP contribution in [0.15, 0.2) is 81.7 Å². The molecule has 6 heteroatoms. The van der Waals surface area contributed by atoms with Crippen LogP contribution >= 0.6 is 31.9 Å². The van der Waals surface area contributed by atoms with Crippen molar-refractivity contribution in [3.8, 4) is 0 Å². The van der Waals surface area contributed by atoms with Crippen LogP contribution < -0.4 is 4.90 Å². The Labute approximate surface area is 173 Å². The summed E-state index contributed by atoms with van der Waals surface area (Å²) in [5.41, 5.74) is 2.37. The Morgan fingerprint density at radius 2 is 1.63 bits per heavy atom. The third kappa shape index (κ3) is 3.03. The summed E-state index contributed by atoms with van der Waals surface area (Å²) in [6.45, 7) is 1.16. The Kier molecular flexibility index (Phi) is 4.17. The van der Waals surface area contributed by atoms with Crippen molar-refractivity contribution < 1.29 is 4.74 Å². The van der Waals surface area contributed by atoms with E-state index in [1.807, 2.05) is 29.3 Å². The average Bonchev–Trinajstić information content (AvgIpc) is 3.26. The molecule has 3 heterocycles. The molecule has 0 saturated heterocycles. The van der Waals surface area contributed by atoms with Crippen LogP contribution in [-0.2, 0) is 11.3 Å². The number of allylic oxidation sites excluding steroid dienone is 1. The Balaban J connectivity index is 1.59. The molecule has 1 aliphatic rings. The number of ether oxygens (including phenoxy) is 1. The van der Waals surface area contributed by atoms with Crippen molar-refractivity contribution in [3.05, 3.63) is 81.7 Å². The molecule has 1 aliphatic heterocycles. The van der Waals surface area contributed by atoms with Gasteiger partial charge in [-0.3, -0.25) is 4.90 Å². The van der Waals surface area contributed by atoms with E-state index in [2.05, 4.69) is 77.8 Å². The summed E-state index contributed by atoms with van der Waals surface area (Å²) in [5, 5.41) is 2.45. The molecule has 2 aromatic carbocycles. The van der Waals surface area contributed by atoms with Crippen LogP contribution in [0.1, 0.15) is 0 Å². The zero-order valence-electron chi connectivity index (χ0n) is 14.3. The molecule has 5 rings (SSSR count). The number of anilines is 1. The van der Waals surface area contributed by atoms with Crippen LogP contribution in [0.5, 0.6) is 0 Å². The van der Waals surface area contributed by atoms with Crippen molar-refractivity contribution in [2.24, 2.45) is 0 Å². The fourth-order valence-electron chi connectivity index (χ4n) is 3.52. The zero-order chi connectivity index (χ0) is 18.4. The first kappa shape index (κ1) is 16.8. The Morgan fingerprint density at radius 1 is 0.926 bits per heavy atom. The maximum Gasteiger partial charge on any atom is 0.166 e. The molecule has 0 atom stereocenters. The third-order valence-electron chi connectivity index (χ3n) is 4.74. The molecule has 0 amide bonds. The molecule has 0 aliphatic carbocycles. The normalized spacial score (nSPS) is 14.0. The van der Waals surface area contributed by atoms with E-state index in [1.165, 1.54) is 21.8 Å².